The van der Waals surface area contributed by atoms with Crippen LogP contribution in [0.25, 0.3) is 0 Å². The van der Waals surface area contributed by atoms with Crippen molar-refractivity contribution in [3.8, 4) is 0 Å². The average Bonchev–Trinajstić information content (AvgIpc) is 2.28. The molecule has 0 saturated carbocycles. The van der Waals surface area contributed by atoms with E-state index in [2.05, 4.69) is 31.4 Å². The highest BCUT2D eigenvalue weighted by Gasteiger charge is 2.11. The van der Waals surface area contributed by atoms with Gasteiger partial charge in [0.2, 0.25) is 5.91 Å². The Morgan fingerprint density at radius 1 is 1.22 bits per heavy atom. The van der Waals surface area contributed by atoms with E-state index >= 15 is 0 Å². The fourth-order valence-corrected chi connectivity index (χ4v) is 1.69. The number of hydrogen-bond acceptors (Lipinski definition) is 2. The molecule has 0 fully saturated rings. The lowest BCUT2D eigenvalue weighted by atomic mass is 10.1. The molecule has 1 amide bonds. The summed E-state index contributed by atoms with van der Waals surface area (Å²) in [6, 6.07) is 10.1. The van der Waals surface area contributed by atoms with Gasteiger partial charge in [-0.2, -0.15) is 0 Å². The van der Waals surface area contributed by atoms with Crippen LogP contribution in [-0.2, 0) is 4.79 Å². The summed E-state index contributed by atoms with van der Waals surface area (Å²) in [7, 11) is 0. The largest absolute Gasteiger partial charge is 0.350 e. The third-order valence-corrected chi connectivity index (χ3v) is 2.68. The van der Waals surface area contributed by atoms with E-state index in [-0.39, 0.29) is 17.5 Å². The van der Waals surface area contributed by atoms with Crippen LogP contribution in [0, 0.1) is 0 Å². The summed E-state index contributed by atoms with van der Waals surface area (Å²) >= 11 is 0. The first kappa shape index (κ1) is 14.7. The van der Waals surface area contributed by atoms with E-state index in [0.29, 0.717) is 13.0 Å². The molecule has 100 valence electrons. The van der Waals surface area contributed by atoms with Crippen LogP contribution in [0.1, 0.15) is 45.7 Å². The van der Waals surface area contributed by atoms with Crippen molar-refractivity contribution in [2.75, 3.05) is 6.54 Å². The van der Waals surface area contributed by atoms with E-state index < -0.39 is 0 Å². The molecule has 0 heterocycles. The van der Waals surface area contributed by atoms with E-state index in [1.807, 2.05) is 37.3 Å². The summed E-state index contributed by atoms with van der Waals surface area (Å²) < 4.78 is 0. The Bertz CT molecular complexity index is 368. The molecule has 0 aliphatic carbocycles. The minimum absolute atomic E-state index is 0.0608. The molecule has 0 aliphatic heterocycles. The summed E-state index contributed by atoms with van der Waals surface area (Å²) in [5.41, 5.74) is 1.19. The van der Waals surface area contributed by atoms with Gasteiger partial charge in [0, 0.05) is 18.5 Å². The Labute approximate surface area is 110 Å². The van der Waals surface area contributed by atoms with Crippen molar-refractivity contribution in [2.45, 2.75) is 45.7 Å². The standard InChI is InChI=1S/C15H24N2O/c1-12(13-8-6-5-7-9-13)17-14(18)10-11-16-15(2,3)4/h5-9,12,16H,10-11H2,1-4H3,(H,17,18). The Balaban J connectivity index is 2.32. The van der Waals surface area contributed by atoms with Crippen LogP contribution >= 0.6 is 0 Å². The summed E-state index contributed by atoms with van der Waals surface area (Å²) in [6.07, 6.45) is 0.508. The van der Waals surface area contributed by atoms with Crippen molar-refractivity contribution in [1.29, 1.82) is 0 Å². The van der Waals surface area contributed by atoms with Gasteiger partial charge < -0.3 is 10.6 Å². The lowest BCUT2D eigenvalue weighted by molar-refractivity contribution is -0.121. The van der Waals surface area contributed by atoms with Crippen molar-refractivity contribution in [1.82, 2.24) is 10.6 Å². The Kier molecular flexibility index (Phi) is 5.35. The topological polar surface area (TPSA) is 41.1 Å². The van der Waals surface area contributed by atoms with Crippen LogP contribution < -0.4 is 10.6 Å². The second kappa shape index (κ2) is 6.55. The molecule has 3 nitrogen and oxygen atoms in total. The van der Waals surface area contributed by atoms with E-state index in [9.17, 15) is 4.79 Å². The first-order valence-electron chi connectivity index (χ1n) is 6.48. The first-order valence-corrected chi connectivity index (χ1v) is 6.48. The highest BCUT2D eigenvalue weighted by atomic mass is 16.1. The molecular weight excluding hydrogens is 224 g/mol. The molecule has 1 unspecified atom stereocenters. The smallest absolute Gasteiger partial charge is 0.221 e. The second-order valence-electron chi connectivity index (χ2n) is 5.63. The average molecular weight is 248 g/mol. The first-order chi connectivity index (χ1) is 8.38. The molecule has 1 aromatic carbocycles. The summed E-state index contributed by atoms with van der Waals surface area (Å²) in [5.74, 6) is 0.0862. The predicted molar refractivity (Wildman–Crippen MR) is 75.4 cm³/mol. The van der Waals surface area contributed by atoms with E-state index in [1.54, 1.807) is 0 Å². The Hall–Kier alpha value is -1.35. The van der Waals surface area contributed by atoms with Gasteiger partial charge in [-0.05, 0) is 33.3 Å². The molecule has 1 rings (SSSR count). The molecule has 0 radical (unpaired) electrons. The normalized spacial score (nSPS) is 13.1. The van der Waals surface area contributed by atoms with Gasteiger partial charge in [-0.25, -0.2) is 0 Å². The van der Waals surface area contributed by atoms with Gasteiger partial charge in [0.15, 0.2) is 0 Å². The van der Waals surface area contributed by atoms with Gasteiger partial charge in [0.1, 0.15) is 0 Å². The fraction of sp³-hybridized carbons (Fsp3) is 0.533. The third-order valence-electron chi connectivity index (χ3n) is 2.68. The predicted octanol–water partition coefficient (Wildman–Crippen LogP) is 2.64. The summed E-state index contributed by atoms with van der Waals surface area (Å²) in [4.78, 5) is 11.8. The summed E-state index contributed by atoms with van der Waals surface area (Å²) in [6.45, 7) is 8.99. The molecule has 18 heavy (non-hydrogen) atoms. The van der Waals surface area contributed by atoms with Crippen molar-refractivity contribution in [3.63, 3.8) is 0 Å². The number of hydrogen-bond donors (Lipinski definition) is 2. The number of benzene rings is 1. The van der Waals surface area contributed by atoms with Crippen LogP contribution in [0.2, 0.25) is 0 Å². The molecule has 0 spiro atoms. The molecule has 0 saturated heterocycles. The maximum Gasteiger partial charge on any atom is 0.221 e. The zero-order valence-corrected chi connectivity index (χ0v) is 11.8. The quantitative estimate of drug-likeness (QED) is 0.841. The van der Waals surface area contributed by atoms with Crippen LogP contribution in [0.4, 0.5) is 0 Å². The number of carbonyl (C=O) groups excluding carboxylic acids is 1. The molecule has 3 heteroatoms. The minimum Gasteiger partial charge on any atom is -0.350 e. The van der Waals surface area contributed by atoms with Gasteiger partial charge in [-0.15, -0.1) is 0 Å². The lowest BCUT2D eigenvalue weighted by Crippen LogP contribution is -2.38. The highest BCUT2D eigenvalue weighted by Crippen LogP contribution is 2.11. The van der Waals surface area contributed by atoms with Gasteiger partial charge in [0.25, 0.3) is 0 Å². The Morgan fingerprint density at radius 2 is 1.83 bits per heavy atom. The van der Waals surface area contributed by atoms with Crippen molar-refractivity contribution < 1.29 is 4.79 Å². The molecule has 0 bridgehead atoms. The van der Waals surface area contributed by atoms with Crippen molar-refractivity contribution in [3.05, 3.63) is 35.9 Å². The van der Waals surface area contributed by atoms with Crippen LogP contribution in [0.5, 0.6) is 0 Å². The van der Waals surface area contributed by atoms with E-state index in [4.69, 9.17) is 0 Å². The molecule has 2 N–H and O–H groups in total. The SMILES string of the molecule is CC(NC(=O)CCNC(C)(C)C)c1ccccc1. The van der Waals surface area contributed by atoms with Crippen LogP contribution in [-0.4, -0.2) is 18.0 Å². The molecule has 1 aromatic rings. The lowest BCUT2D eigenvalue weighted by Gasteiger charge is -2.20. The van der Waals surface area contributed by atoms with Gasteiger partial charge in [-0.1, -0.05) is 30.3 Å². The zero-order chi connectivity index (χ0) is 13.6. The molecule has 0 aromatic heterocycles. The van der Waals surface area contributed by atoms with E-state index in [1.165, 1.54) is 0 Å². The highest BCUT2D eigenvalue weighted by molar-refractivity contribution is 5.76. The molecule has 0 aliphatic rings. The van der Waals surface area contributed by atoms with Crippen molar-refractivity contribution in [2.24, 2.45) is 0 Å². The second-order valence-corrected chi connectivity index (χ2v) is 5.63. The number of carbonyl (C=O) groups is 1. The van der Waals surface area contributed by atoms with Crippen molar-refractivity contribution >= 4 is 5.91 Å². The van der Waals surface area contributed by atoms with Crippen LogP contribution in [0.3, 0.4) is 0 Å². The van der Waals surface area contributed by atoms with Gasteiger partial charge in [-0.3, -0.25) is 4.79 Å². The minimum atomic E-state index is 0.0608. The monoisotopic (exact) mass is 248 g/mol. The number of nitrogens with one attached hydrogen (secondary N) is 2. The maximum atomic E-state index is 11.8. The summed E-state index contributed by atoms with van der Waals surface area (Å²) in [5, 5.41) is 6.31. The fourth-order valence-electron chi connectivity index (χ4n) is 1.69. The molecular formula is C15H24N2O. The van der Waals surface area contributed by atoms with E-state index in [0.717, 1.165) is 5.56 Å². The van der Waals surface area contributed by atoms with Gasteiger partial charge >= 0.3 is 0 Å². The van der Waals surface area contributed by atoms with Gasteiger partial charge in [0.05, 0.1) is 6.04 Å². The number of rotatable bonds is 5. The number of amides is 1. The maximum absolute atomic E-state index is 11.8. The van der Waals surface area contributed by atoms with Crippen LogP contribution in [0.15, 0.2) is 30.3 Å². The molecule has 1 atom stereocenters. The Morgan fingerprint density at radius 3 is 2.39 bits per heavy atom. The zero-order valence-electron chi connectivity index (χ0n) is 11.8. The third kappa shape index (κ3) is 5.82.